The minimum Gasteiger partial charge on any atom is -0.359 e. The summed E-state index contributed by atoms with van der Waals surface area (Å²) in [6.45, 7) is 4.25. The number of halogens is 4. The normalized spacial score (nSPS) is 12.9. The van der Waals surface area contributed by atoms with Crippen LogP contribution in [-0.2, 0) is 6.18 Å². The smallest absolute Gasteiger partial charge is 0.359 e. The van der Waals surface area contributed by atoms with E-state index in [1.165, 1.54) is 0 Å². The molecule has 0 amide bonds. The summed E-state index contributed by atoms with van der Waals surface area (Å²) in [5.74, 6) is 0.408. The molecule has 0 unspecified atom stereocenters. The number of hydrogen-bond acceptors (Lipinski definition) is 4. The Morgan fingerprint density at radius 3 is 2.38 bits per heavy atom. The number of alkyl halides is 4. The van der Waals surface area contributed by atoms with Crippen LogP contribution in [0, 0.1) is 5.41 Å². The molecular weight excluding hydrogens is 263 g/mol. The number of anilines is 1. The molecule has 1 N–H and O–H groups in total. The summed E-state index contributed by atoms with van der Waals surface area (Å²) in [6.07, 6.45) is -4.43. The van der Waals surface area contributed by atoms with Gasteiger partial charge in [-0.1, -0.05) is 25.2 Å². The van der Waals surface area contributed by atoms with E-state index in [1.54, 1.807) is 0 Å². The van der Waals surface area contributed by atoms with E-state index in [0.29, 0.717) is 23.8 Å². The van der Waals surface area contributed by atoms with E-state index in [9.17, 15) is 13.2 Å². The topological polar surface area (TPSA) is 37.8 Å². The van der Waals surface area contributed by atoms with Gasteiger partial charge in [-0.05, 0) is 5.41 Å². The van der Waals surface area contributed by atoms with Gasteiger partial charge in [0, 0.05) is 12.4 Å². The highest BCUT2D eigenvalue weighted by Gasteiger charge is 2.35. The lowest BCUT2D eigenvalue weighted by molar-refractivity contribution is -0.138. The molecule has 8 heteroatoms. The van der Waals surface area contributed by atoms with Crippen LogP contribution in [0.4, 0.5) is 18.3 Å². The van der Waals surface area contributed by atoms with Crippen LogP contribution in [0.2, 0.25) is 0 Å². The van der Waals surface area contributed by atoms with Crippen LogP contribution in [0.15, 0.2) is 0 Å². The lowest BCUT2D eigenvalue weighted by atomic mass is 9.97. The lowest BCUT2D eigenvalue weighted by Crippen LogP contribution is -2.24. The van der Waals surface area contributed by atoms with Crippen molar-refractivity contribution in [3.05, 3.63) is 5.01 Å². The van der Waals surface area contributed by atoms with E-state index in [4.69, 9.17) is 11.6 Å². The Labute approximate surface area is 100 Å². The summed E-state index contributed by atoms with van der Waals surface area (Å²) in [4.78, 5) is 0. The van der Waals surface area contributed by atoms with Crippen molar-refractivity contribution >= 4 is 28.1 Å². The van der Waals surface area contributed by atoms with Gasteiger partial charge in [-0.15, -0.1) is 21.8 Å². The van der Waals surface area contributed by atoms with E-state index in [1.807, 2.05) is 13.8 Å². The van der Waals surface area contributed by atoms with Crippen molar-refractivity contribution in [1.29, 1.82) is 0 Å². The summed E-state index contributed by atoms with van der Waals surface area (Å²) in [6, 6.07) is 0. The maximum atomic E-state index is 12.2. The maximum Gasteiger partial charge on any atom is 0.445 e. The molecule has 1 aromatic heterocycles. The monoisotopic (exact) mass is 273 g/mol. The molecule has 1 rings (SSSR count). The fraction of sp³-hybridized carbons (Fsp3) is 0.750. The summed E-state index contributed by atoms with van der Waals surface area (Å²) < 4.78 is 36.6. The zero-order valence-electron chi connectivity index (χ0n) is 8.73. The highest BCUT2D eigenvalue weighted by molar-refractivity contribution is 7.15. The minimum absolute atomic E-state index is 0.158. The summed E-state index contributed by atoms with van der Waals surface area (Å²) in [5.41, 5.74) is -0.203. The highest BCUT2D eigenvalue weighted by Crippen LogP contribution is 2.33. The second kappa shape index (κ2) is 4.75. The fourth-order valence-electron chi connectivity index (χ4n) is 0.771. The van der Waals surface area contributed by atoms with Gasteiger partial charge in [0.05, 0.1) is 0 Å². The quantitative estimate of drug-likeness (QED) is 0.856. The Bertz CT molecular complexity index is 351. The Morgan fingerprint density at radius 2 is 1.94 bits per heavy atom. The molecule has 0 aromatic carbocycles. The van der Waals surface area contributed by atoms with Crippen molar-refractivity contribution in [3.8, 4) is 0 Å². The number of rotatable bonds is 4. The van der Waals surface area contributed by atoms with Crippen molar-refractivity contribution < 1.29 is 13.2 Å². The number of nitrogens with zero attached hydrogens (tertiary/aromatic N) is 2. The lowest BCUT2D eigenvalue weighted by Gasteiger charge is -2.20. The van der Waals surface area contributed by atoms with Gasteiger partial charge < -0.3 is 5.32 Å². The van der Waals surface area contributed by atoms with E-state index in [2.05, 4.69) is 15.5 Å². The first kappa shape index (κ1) is 13.5. The van der Waals surface area contributed by atoms with Crippen LogP contribution >= 0.6 is 22.9 Å². The maximum absolute atomic E-state index is 12.2. The van der Waals surface area contributed by atoms with Crippen molar-refractivity contribution in [2.45, 2.75) is 20.0 Å². The third-order valence-corrected chi connectivity index (χ3v) is 3.40. The second-order valence-corrected chi connectivity index (χ2v) is 5.31. The molecule has 0 radical (unpaired) electrons. The number of hydrogen-bond donors (Lipinski definition) is 1. The summed E-state index contributed by atoms with van der Waals surface area (Å²) >= 11 is 6.17. The molecule has 92 valence electrons. The van der Waals surface area contributed by atoms with Crippen molar-refractivity contribution in [2.75, 3.05) is 17.7 Å². The third-order valence-electron chi connectivity index (χ3n) is 1.75. The van der Waals surface area contributed by atoms with Gasteiger partial charge in [0.25, 0.3) is 0 Å². The fourth-order valence-corrected chi connectivity index (χ4v) is 1.47. The molecule has 0 aliphatic heterocycles. The van der Waals surface area contributed by atoms with Crippen molar-refractivity contribution in [2.24, 2.45) is 5.41 Å². The molecule has 1 aromatic rings. The van der Waals surface area contributed by atoms with E-state index in [-0.39, 0.29) is 10.5 Å². The second-order valence-electron chi connectivity index (χ2n) is 4.06. The average molecular weight is 274 g/mol. The SMILES string of the molecule is CC(C)(CCl)CNc1nnc(C(F)(F)F)s1. The Kier molecular flexibility index (Phi) is 4.01. The molecule has 0 saturated carbocycles. The predicted molar refractivity (Wildman–Crippen MR) is 57.9 cm³/mol. The van der Waals surface area contributed by atoms with Gasteiger partial charge in [0.15, 0.2) is 0 Å². The van der Waals surface area contributed by atoms with Gasteiger partial charge in [-0.25, -0.2) is 0 Å². The standard InChI is InChI=1S/C8H11ClF3N3S/c1-7(2,3-9)4-13-6-15-14-5(16-6)8(10,11)12/h3-4H2,1-2H3,(H,13,15). The molecular formula is C8H11ClF3N3S. The molecule has 3 nitrogen and oxygen atoms in total. The summed E-state index contributed by atoms with van der Waals surface area (Å²) in [7, 11) is 0. The van der Waals surface area contributed by atoms with E-state index >= 15 is 0 Å². The molecule has 0 atom stereocenters. The zero-order valence-corrected chi connectivity index (χ0v) is 10.3. The van der Waals surface area contributed by atoms with Gasteiger partial charge in [0.1, 0.15) is 0 Å². The third kappa shape index (κ3) is 3.79. The number of aromatic nitrogens is 2. The van der Waals surface area contributed by atoms with Crippen LogP contribution in [0.1, 0.15) is 18.9 Å². The van der Waals surface area contributed by atoms with E-state index in [0.717, 1.165) is 0 Å². The highest BCUT2D eigenvalue weighted by atomic mass is 35.5. The zero-order chi connectivity index (χ0) is 12.4. The molecule has 16 heavy (non-hydrogen) atoms. The van der Waals surface area contributed by atoms with Crippen LogP contribution < -0.4 is 5.32 Å². The molecule has 0 aliphatic carbocycles. The molecule has 0 spiro atoms. The van der Waals surface area contributed by atoms with Gasteiger partial charge in [-0.3, -0.25) is 0 Å². The Hall–Kier alpha value is -0.560. The molecule has 0 saturated heterocycles. The molecule has 0 fully saturated rings. The van der Waals surface area contributed by atoms with Gasteiger partial charge in [0.2, 0.25) is 10.1 Å². The molecule has 1 heterocycles. The van der Waals surface area contributed by atoms with Crippen LogP contribution in [-0.4, -0.2) is 22.6 Å². The summed E-state index contributed by atoms with van der Waals surface area (Å²) in [5, 5.41) is 8.48. The minimum atomic E-state index is -4.43. The average Bonchev–Trinajstić information content (AvgIpc) is 2.63. The van der Waals surface area contributed by atoms with Gasteiger partial charge in [-0.2, -0.15) is 13.2 Å². The number of nitrogens with one attached hydrogen (secondary N) is 1. The first-order chi connectivity index (χ1) is 7.24. The van der Waals surface area contributed by atoms with E-state index < -0.39 is 11.2 Å². The van der Waals surface area contributed by atoms with Gasteiger partial charge >= 0.3 is 6.18 Å². The molecule has 0 aliphatic rings. The largest absolute Gasteiger partial charge is 0.445 e. The van der Waals surface area contributed by atoms with Crippen LogP contribution in [0.25, 0.3) is 0 Å². The van der Waals surface area contributed by atoms with Crippen LogP contribution in [0.3, 0.4) is 0 Å². The molecule has 0 bridgehead atoms. The predicted octanol–water partition coefficient (Wildman–Crippen LogP) is 3.23. The van der Waals surface area contributed by atoms with Crippen molar-refractivity contribution in [3.63, 3.8) is 0 Å². The Balaban J connectivity index is 2.60. The Morgan fingerprint density at radius 1 is 1.31 bits per heavy atom. The van der Waals surface area contributed by atoms with Crippen LogP contribution in [0.5, 0.6) is 0 Å². The first-order valence-corrected chi connectivity index (χ1v) is 5.80. The van der Waals surface area contributed by atoms with Crippen molar-refractivity contribution in [1.82, 2.24) is 10.2 Å². The first-order valence-electron chi connectivity index (χ1n) is 4.45.